The van der Waals surface area contributed by atoms with Crippen LogP contribution in [0, 0.1) is 5.92 Å². The normalized spacial score (nSPS) is 22.3. The second-order valence-corrected chi connectivity index (χ2v) is 7.14. The average molecular weight is 316 g/mol. The molecule has 0 bridgehead atoms. The molecule has 1 amide bonds. The Morgan fingerprint density at radius 2 is 2.04 bits per heavy atom. The number of carbonyl (C=O) groups excluding carboxylic acids is 1. The number of carbonyl (C=O) groups is 1. The molecule has 3 heteroatoms. The summed E-state index contributed by atoms with van der Waals surface area (Å²) in [6, 6.07) is 11.5. The molecular formula is C20H32N2O. The fraction of sp³-hybridized carbons (Fsp3) is 0.650. The van der Waals surface area contributed by atoms with E-state index in [2.05, 4.69) is 47.5 Å². The van der Waals surface area contributed by atoms with Crippen molar-refractivity contribution in [2.75, 3.05) is 6.54 Å². The monoisotopic (exact) mass is 316 g/mol. The van der Waals surface area contributed by atoms with Crippen LogP contribution in [-0.4, -0.2) is 29.4 Å². The summed E-state index contributed by atoms with van der Waals surface area (Å²) in [7, 11) is 0. The number of nitrogens with zero attached hydrogens (tertiary/aromatic N) is 1. The molecule has 1 heterocycles. The molecular weight excluding hydrogens is 284 g/mol. The lowest BCUT2D eigenvalue weighted by molar-refractivity contribution is -0.123. The van der Waals surface area contributed by atoms with Gasteiger partial charge in [0, 0.05) is 25.0 Å². The van der Waals surface area contributed by atoms with Crippen molar-refractivity contribution in [2.24, 2.45) is 5.92 Å². The SMILES string of the molecule is CCC[C@@H]1[C@@H](CC(=O)NC(C)C)CCCN1Cc1ccccc1. The molecule has 0 unspecified atom stereocenters. The van der Waals surface area contributed by atoms with E-state index in [4.69, 9.17) is 0 Å². The number of piperidine rings is 1. The first-order valence-electron chi connectivity index (χ1n) is 9.17. The van der Waals surface area contributed by atoms with Gasteiger partial charge in [-0.2, -0.15) is 0 Å². The molecule has 1 aromatic rings. The number of hydrogen-bond donors (Lipinski definition) is 1. The molecule has 0 radical (unpaired) electrons. The molecule has 1 aliphatic rings. The molecule has 23 heavy (non-hydrogen) atoms. The van der Waals surface area contributed by atoms with Crippen LogP contribution in [0.4, 0.5) is 0 Å². The van der Waals surface area contributed by atoms with Crippen LogP contribution in [0.1, 0.15) is 58.4 Å². The molecule has 3 nitrogen and oxygen atoms in total. The van der Waals surface area contributed by atoms with Crippen LogP contribution in [0.15, 0.2) is 30.3 Å². The number of rotatable bonds is 7. The van der Waals surface area contributed by atoms with Crippen LogP contribution in [-0.2, 0) is 11.3 Å². The highest BCUT2D eigenvalue weighted by Crippen LogP contribution is 2.30. The fourth-order valence-electron chi connectivity index (χ4n) is 3.80. The number of likely N-dealkylation sites (tertiary alicyclic amines) is 1. The van der Waals surface area contributed by atoms with E-state index >= 15 is 0 Å². The van der Waals surface area contributed by atoms with Crippen molar-refractivity contribution in [3.8, 4) is 0 Å². The van der Waals surface area contributed by atoms with Crippen molar-refractivity contribution >= 4 is 5.91 Å². The Kier molecular flexibility index (Phi) is 7.10. The number of hydrogen-bond acceptors (Lipinski definition) is 2. The van der Waals surface area contributed by atoms with Gasteiger partial charge in [-0.05, 0) is 51.1 Å². The molecule has 0 spiro atoms. The number of amides is 1. The van der Waals surface area contributed by atoms with Crippen molar-refractivity contribution < 1.29 is 4.79 Å². The summed E-state index contributed by atoms with van der Waals surface area (Å²) in [5.41, 5.74) is 1.38. The topological polar surface area (TPSA) is 32.3 Å². The van der Waals surface area contributed by atoms with Gasteiger partial charge in [-0.15, -0.1) is 0 Å². The van der Waals surface area contributed by atoms with Crippen molar-refractivity contribution in [1.82, 2.24) is 10.2 Å². The Labute approximate surface area is 141 Å². The van der Waals surface area contributed by atoms with Crippen LogP contribution in [0.2, 0.25) is 0 Å². The maximum absolute atomic E-state index is 12.2. The van der Waals surface area contributed by atoms with E-state index in [0.29, 0.717) is 18.4 Å². The van der Waals surface area contributed by atoms with Gasteiger partial charge in [-0.1, -0.05) is 43.7 Å². The number of benzene rings is 1. The highest BCUT2D eigenvalue weighted by atomic mass is 16.1. The van der Waals surface area contributed by atoms with Crippen molar-refractivity contribution in [3.63, 3.8) is 0 Å². The highest BCUT2D eigenvalue weighted by molar-refractivity contribution is 5.76. The summed E-state index contributed by atoms with van der Waals surface area (Å²) in [5.74, 6) is 0.707. The van der Waals surface area contributed by atoms with Gasteiger partial charge in [-0.25, -0.2) is 0 Å². The van der Waals surface area contributed by atoms with Gasteiger partial charge < -0.3 is 5.32 Å². The molecule has 2 rings (SSSR count). The van der Waals surface area contributed by atoms with Gasteiger partial charge in [-0.3, -0.25) is 9.69 Å². The van der Waals surface area contributed by atoms with Crippen LogP contribution < -0.4 is 5.32 Å². The highest BCUT2D eigenvalue weighted by Gasteiger charge is 2.32. The predicted octanol–water partition coefficient (Wildman–Crippen LogP) is 3.98. The third kappa shape index (κ3) is 5.65. The third-order valence-electron chi connectivity index (χ3n) is 4.74. The molecule has 1 saturated heterocycles. The fourth-order valence-corrected chi connectivity index (χ4v) is 3.80. The average Bonchev–Trinajstić information content (AvgIpc) is 2.50. The summed E-state index contributed by atoms with van der Waals surface area (Å²) < 4.78 is 0. The Morgan fingerprint density at radius 3 is 2.70 bits per heavy atom. The van der Waals surface area contributed by atoms with Crippen LogP contribution in [0.3, 0.4) is 0 Å². The maximum atomic E-state index is 12.2. The Hall–Kier alpha value is -1.35. The van der Waals surface area contributed by atoms with Gasteiger partial charge >= 0.3 is 0 Å². The minimum absolute atomic E-state index is 0.215. The lowest BCUT2D eigenvalue weighted by Crippen LogP contribution is -2.46. The van der Waals surface area contributed by atoms with Crippen molar-refractivity contribution in [3.05, 3.63) is 35.9 Å². The standard InChI is InChI=1S/C20H32N2O/c1-4-9-19-18(14-20(23)21-16(2)3)12-8-13-22(19)15-17-10-6-5-7-11-17/h5-7,10-11,16,18-19H,4,8-9,12-15H2,1-3H3,(H,21,23)/t18-,19-/m1/s1. The molecule has 1 fully saturated rings. The van der Waals surface area contributed by atoms with Crippen LogP contribution in [0.25, 0.3) is 0 Å². The maximum Gasteiger partial charge on any atom is 0.220 e. The first-order chi connectivity index (χ1) is 11.1. The third-order valence-corrected chi connectivity index (χ3v) is 4.74. The van der Waals surface area contributed by atoms with E-state index in [0.717, 1.165) is 13.1 Å². The summed E-state index contributed by atoms with van der Waals surface area (Å²) in [6.07, 6.45) is 5.42. The second kappa shape index (κ2) is 9.07. The minimum atomic E-state index is 0.215. The van der Waals surface area contributed by atoms with Crippen molar-refractivity contribution in [1.29, 1.82) is 0 Å². The van der Waals surface area contributed by atoms with Crippen LogP contribution in [0.5, 0.6) is 0 Å². The quantitative estimate of drug-likeness (QED) is 0.825. The van der Waals surface area contributed by atoms with E-state index in [1.807, 2.05) is 13.8 Å². The zero-order chi connectivity index (χ0) is 16.7. The summed E-state index contributed by atoms with van der Waals surface area (Å²) in [4.78, 5) is 14.8. The second-order valence-electron chi connectivity index (χ2n) is 7.14. The van der Waals surface area contributed by atoms with Gasteiger partial charge in [0.05, 0.1) is 0 Å². The lowest BCUT2D eigenvalue weighted by atomic mass is 9.83. The first kappa shape index (κ1) is 18.0. The molecule has 0 saturated carbocycles. The smallest absolute Gasteiger partial charge is 0.220 e. The van der Waals surface area contributed by atoms with E-state index < -0.39 is 0 Å². The molecule has 1 aromatic carbocycles. The van der Waals surface area contributed by atoms with E-state index in [9.17, 15) is 4.79 Å². The van der Waals surface area contributed by atoms with Gasteiger partial charge in [0.1, 0.15) is 0 Å². The Morgan fingerprint density at radius 1 is 1.30 bits per heavy atom. The lowest BCUT2D eigenvalue weighted by Gasteiger charge is -2.41. The zero-order valence-electron chi connectivity index (χ0n) is 14.9. The van der Waals surface area contributed by atoms with E-state index in [1.165, 1.54) is 31.2 Å². The molecule has 2 atom stereocenters. The Bertz CT molecular complexity index is 472. The largest absolute Gasteiger partial charge is 0.354 e. The summed E-state index contributed by atoms with van der Waals surface area (Å²) in [5, 5.41) is 3.06. The van der Waals surface area contributed by atoms with Crippen molar-refractivity contribution in [2.45, 2.75) is 71.5 Å². The molecule has 0 aliphatic carbocycles. The van der Waals surface area contributed by atoms with Gasteiger partial charge in [0.15, 0.2) is 0 Å². The van der Waals surface area contributed by atoms with Gasteiger partial charge in [0.2, 0.25) is 5.91 Å². The van der Waals surface area contributed by atoms with Gasteiger partial charge in [0.25, 0.3) is 0 Å². The Balaban J connectivity index is 2.02. The molecule has 1 aliphatic heterocycles. The van der Waals surface area contributed by atoms with E-state index in [1.54, 1.807) is 0 Å². The van der Waals surface area contributed by atoms with E-state index in [-0.39, 0.29) is 11.9 Å². The summed E-state index contributed by atoms with van der Waals surface area (Å²) in [6.45, 7) is 8.48. The molecule has 128 valence electrons. The predicted molar refractivity (Wildman–Crippen MR) is 96.2 cm³/mol. The minimum Gasteiger partial charge on any atom is -0.354 e. The molecule has 1 N–H and O–H groups in total. The number of nitrogens with one attached hydrogen (secondary N) is 1. The molecule has 0 aromatic heterocycles. The zero-order valence-corrected chi connectivity index (χ0v) is 14.9. The summed E-state index contributed by atoms with van der Waals surface area (Å²) >= 11 is 0. The first-order valence-corrected chi connectivity index (χ1v) is 9.17. The van der Waals surface area contributed by atoms with Crippen LogP contribution >= 0.6 is 0 Å².